The van der Waals surface area contributed by atoms with Gasteiger partial charge in [0.25, 0.3) is 5.91 Å². The monoisotopic (exact) mass is 375 g/mol. The highest BCUT2D eigenvalue weighted by Gasteiger charge is 2.32. The first kappa shape index (κ1) is 20.9. The highest BCUT2D eigenvalue weighted by Crippen LogP contribution is 2.22. The van der Waals surface area contributed by atoms with Gasteiger partial charge in [-0.3, -0.25) is 4.79 Å². The van der Waals surface area contributed by atoms with Crippen LogP contribution in [-0.2, 0) is 10.0 Å². The average molecular weight is 376 g/mol. The summed E-state index contributed by atoms with van der Waals surface area (Å²) in [7, 11) is -0.202. The van der Waals surface area contributed by atoms with Crippen LogP contribution in [0.3, 0.4) is 0 Å². The molecule has 1 aromatic rings. The molecule has 1 saturated heterocycles. The summed E-state index contributed by atoms with van der Waals surface area (Å²) in [5.74, 6) is -0.139. The third-order valence-electron chi connectivity index (χ3n) is 4.00. The van der Waals surface area contributed by atoms with Gasteiger partial charge >= 0.3 is 0 Å². The molecule has 1 unspecified atom stereocenters. The molecule has 24 heavy (non-hydrogen) atoms. The largest absolute Gasteiger partial charge is 0.345 e. The Morgan fingerprint density at radius 1 is 1.25 bits per heavy atom. The standard InChI is InChI=1S/C16H25N3O3S.ClH/c1-4-11-19(14-9-10-17-12-14)23(21,22)15-7-5-13(6-8-15)16(20)18(2)3;/h5-8,14,17H,4,9-12H2,1-3H3;1H. The smallest absolute Gasteiger partial charge is 0.253 e. The Balaban J connectivity index is 0.00000288. The van der Waals surface area contributed by atoms with Crippen molar-refractivity contribution >= 4 is 28.3 Å². The van der Waals surface area contributed by atoms with Crippen LogP contribution in [0.5, 0.6) is 0 Å². The highest BCUT2D eigenvalue weighted by atomic mass is 35.5. The van der Waals surface area contributed by atoms with E-state index in [2.05, 4.69) is 5.32 Å². The Labute approximate surface area is 150 Å². The molecule has 0 radical (unpaired) electrons. The Morgan fingerprint density at radius 2 is 1.88 bits per heavy atom. The first-order valence-corrected chi connectivity index (χ1v) is 9.36. The number of hydrogen-bond donors (Lipinski definition) is 1. The molecule has 1 N–H and O–H groups in total. The molecule has 1 aliphatic rings. The molecule has 0 bridgehead atoms. The molecule has 1 heterocycles. The zero-order chi connectivity index (χ0) is 17.0. The van der Waals surface area contributed by atoms with Crippen molar-refractivity contribution in [1.82, 2.24) is 14.5 Å². The lowest BCUT2D eigenvalue weighted by atomic mass is 10.2. The molecule has 0 spiro atoms. The minimum Gasteiger partial charge on any atom is -0.345 e. The molecule has 1 amide bonds. The third-order valence-corrected chi connectivity index (χ3v) is 5.97. The number of carbonyl (C=O) groups is 1. The molecule has 0 aliphatic carbocycles. The minimum absolute atomic E-state index is 0. The lowest BCUT2D eigenvalue weighted by Gasteiger charge is -2.27. The normalized spacial score (nSPS) is 17.6. The van der Waals surface area contributed by atoms with Gasteiger partial charge in [-0.2, -0.15) is 4.31 Å². The second-order valence-corrected chi connectivity index (χ2v) is 7.88. The quantitative estimate of drug-likeness (QED) is 0.819. The summed E-state index contributed by atoms with van der Waals surface area (Å²) in [5.41, 5.74) is 0.485. The molecule has 1 atom stereocenters. The maximum absolute atomic E-state index is 12.9. The number of nitrogens with one attached hydrogen (secondary N) is 1. The van der Waals surface area contributed by atoms with Gasteiger partial charge < -0.3 is 10.2 Å². The first-order valence-electron chi connectivity index (χ1n) is 7.92. The van der Waals surface area contributed by atoms with Gasteiger partial charge in [-0.05, 0) is 43.7 Å². The van der Waals surface area contributed by atoms with Crippen molar-refractivity contribution in [2.45, 2.75) is 30.7 Å². The lowest BCUT2D eigenvalue weighted by Crippen LogP contribution is -2.42. The Morgan fingerprint density at radius 3 is 2.33 bits per heavy atom. The fraction of sp³-hybridized carbons (Fsp3) is 0.562. The summed E-state index contributed by atoms with van der Waals surface area (Å²) in [6.07, 6.45) is 1.60. The number of hydrogen-bond acceptors (Lipinski definition) is 4. The van der Waals surface area contributed by atoms with Crippen molar-refractivity contribution in [1.29, 1.82) is 0 Å². The number of sulfonamides is 1. The molecule has 2 rings (SSSR count). The third kappa shape index (κ3) is 4.47. The van der Waals surface area contributed by atoms with Gasteiger partial charge in [0.05, 0.1) is 4.90 Å². The van der Waals surface area contributed by atoms with E-state index < -0.39 is 10.0 Å². The van der Waals surface area contributed by atoms with E-state index in [1.54, 1.807) is 30.5 Å². The number of halogens is 1. The van der Waals surface area contributed by atoms with Crippen molar-refractivity contribution < 1.29 is 13.2 Å². The van der Waals surface area contributed by atoms with Crippen LogP contribution in [0.1, 0.15) is 30.1 Å². The van der Waals surface area contributed by atoms with Crippen LogP contribution >= 0.6 is 12.4 Å². The van der Waals surface area contributed by atoms with Crippen LogP contribution in [0.15, 0.2) is 29.2 Å². The van der Waals surface area contributed by atoms with Crippen molar-refractivity contribution in [2.75, 3.05) is 33.7 Å². The van der Waals surface area contributed by atoms with Gasteiger partial charge in [0.2, 0.25) is 10.0 Å². The molecule has 1 fully saturated rings. The van der Waals surface area contributed by atoms with E-state index in [0.717, 1.165) is 19.4 Å². The van der Waals surface area contributed by atoms with E-state index in [9.17, 15) is 13.2 Å². The van der Waals surface area contributed by atoms with Crippen molar-refractivity contribution in [3.05, 3.63) is 29.8 Å². The highest BCUT2D eigenvalue weighted by molar-refractivity contribution is 7.89. The summed E-state index contributed by atoms with van der Waals surface area (Å²) in [6.45, 7) is 4.02. The van der Waals surface area contributed by atoms with Gasteiger partial charge in [0.15, 0.2) is 0 Å². The van der Waals surface area contributed by atoms with E-state index >= 15 is 0 Å². The van der Waals surface area contributed by atoms with Gasteiger partial charge in [-0.1, -0.05) is 6.92 Å². The topological polar surface area (TPSA) is 69.7 Å². The molecule has 0 aromatic heterocycles. The molecule has 136 valence electrons. The van der Waals surface area contributed by atoms with Crippen LogP contribution in [0.25, 0.3) is 0 Å². The maximum atomic E-state index is 12.9. The number of amides is 1. The zero-order valence-electron chi connectivity index (χ0n) is 14.4. The van der Waals surface area contributed by atoms with Crippen molar-refractivity contribution in [3.8, 4) is 0 Å². The average Bonchev–Trinajstić information content (AvgIpc) is 3.05. The lowest BCUT2D eigenvalue weighted by molar-refractivity contribution is 0.0827. The Hall–Kier alpha value is -1.15. The number of rotatable bonds is 6. The Kier molecular flexibility index (Phi) is 7.66. The van der Waals surface area contributed by atoms with Crippen LogP contribution < -0.4 is 5.32 Å². The van der Waals surface area contributed by atoms with Crippen molar-refractivity contribution in [3.63, 3.8) is 0 Å². The molecule has 1 aliphatic heterocycles. The molecule has 6 nitrogen and oxygen atoms in total. The summed E-state index contributed by atoms with van der Waals surface area (Å²) in [6, 6.07) is 6.20. The van der Waals surface area contributed by atoms with Gasteiger partial charge in [-0.25, -0.2) is 8.42 Å². The summed E-state index contributed by atoms with van der Waals surface area (Å²) < 4.78 is 27.4. The predicted octanol–water partition coefficient (Wildman–Crippen LogP) is 1.57. The fourth-order valence-corrected chi connectivity index (χ4v) is 4.51. The van der Waals surface area contributed by atoms with Crippen LogP contribution in [0.4, 0.5) is 0 Å². The Bertz CT molecular complexity index is 641. The van der Waals surface area contributed by atoms with Crippen LogP contribution in [-0.4, -0.2) is 63.3 Å². The van der Waals surface area contributed by atoms with Crippen molar-refractivity contribution in [2.24, 2.45) is 0 Å². The molecule has 0 saturated carbocycles. The van der Waals surface area contributed by atoms with E-state index in [-0.39, 0.29) is 29.3 Å². The molecule has 1 aromatic carbocycles. The van der Waals surface area contributed by atoms with E-state index in [0.29, 0.717) is 18.7 Å². The summed E-state index contributed by atoms with van der Waals surface area (Å²) >= 11 is 0. The molecular formula is C16H26ClN3O3S. The number of benzene rings is 1. The second kappa shape index (κ2) is 8.80. The van der Waals surface area contributed by atoms with Gasteiger partial charge in [-0.15, -0.1) is 12.4 Å². The SMILES string of the molecule is CCCN(C1CCNC1)S(=O)(=O)c1ccc(C(=O)N(C)C)cc1.Cl. The predicted molar refractivity (Wildman–Crippen MR) is 97.2 cm³/mol. The van der Waals surface area contributed by atoms with Crippen LogP contribution in [0, 0.1) is 0 Å². The maximum Gasteiger partial charge on any atom is 0.253 e. The van der Waals surface area contributed by atoms with Crippen LogP contribution in [0.2, 0.25) is 0 Å². The number of carbonyl (C=O) groups excluding carboxylic acids is 1. The fourth-order valence-electron chi connectivity index (χ4n) is 2.77. The summed E-state index contributed by atoms with van der Waals surface area (Å²) in [5, 5.41) is 3.21. The second-order valence-electron chi connectivity index (χ2n) is 5.99. The molecule has 8 heteroatoms. The van der Waals surface area contributed by atoms with E-state index in [1.807, 2.05) is 6.92 Å². The summed E-state index contributed by atoms with van der Waals surface area (Å²) in [4.78, 5) is 13.6. The van der Waals surface area contributed by atoms with Gasteiger partial charge in [0.1, 0.15) is 0 Å². The van der Waals surface area contributed by atoms with E-state index in [1.165, 1.54) is 17.0 Å². The molecular weight excluding hydrogens is 350 g/mol. The zero-order valence-corrected chi connectivity index (χ0v) is 16.0. The van der Waals surface area contributed by atoms with E-state index in [4.69, 9.17) is 0 Å². The first-order chi connectivity index (χ1) is 10.9. The van der Waals surface area contributed by atoms with Gasteiger partial charge in [0, 0.05) is 38.8 Å². The number of nitrogens with zero attached hydrogens (tertiary/aromatic N) is 2. The minimum atomic E-state index is -3.54.